The molecule has 0 aromatic heterocycles. The lowest BCUT2D eigenvalue weighted by Gasteiger charge is -2.35. The highest BCUT2D eigenvalue weighted by Crippen LogP contribution is 2.36. The number of hydrogen-bond donors (Lipinski definition) is 0. The zero-order chi connectivity index (χ0) is 18.0. The van der Waals surface area contributed by atoms with Crippen molar-refractivity contribution in [1.29, 1.82) is 0 Å². The van der Waals surface area contributed by atoms with Crippen LogP contribution >= 0.6 is 0 Å². The summed E-state index contributed by atoms with van der Waals surface area (Å²) in [7, 11) is -3.61. The predicted octanol–water partition coefficient (Wildman–Crippen LogP) is 0.345. The molecule has 0 radical (unpaired) electrons. The summed E-state index contributed by atoms with van der Waals surface area (Å²) in [6.45, 7) is 5.78. The Morgan fingerprint density at radius 2 is 1.84 bits per heavy atom. The molecule has 9 heteroatoms. The molecule has 1 aromatic rings. The van der Waals surface area contributed by atoms with Gasteiger partial charge < -0.3 is 19.3 Å². The SMILES string of the molecule is CCN1CCN(C(=O)CN(c2ccc3c(c2)OCO3)S(C)(=O)=O)CC1. The van der Waals surface area contributed by atoms with Crippen molar-refractivity contribution in [2.24, 2.45) is 0 Å². The van der Waals surface area contributed by atoms with E-state index in [9.17, 15) is 13.2 Å². The summed E-state index contributed by atoms with van der Waals surface area (Å²) in [5.41, 5.74) is 0.396. The minimum atomic E-state index is -3.61. The quantitative estimate of drug-likeness (QED) is 0.745. The molecule has 3 rings (SSSR count). The number of carbonyl (C=O) groups is 1. The van der Waals surface area contributed by atoms with Gasteiger partial charge in [-0.1, -0.05) is 6.92 Å². The van der Waals surface area contributed by atoms with Crippen molar-refractivity contribution in [2.75, 3.05) is 56.6 Å². The Morgan fingerprint density at radius 1 is 1.16 bits per heavy atom. The van der Waals surface area contributed by atoms with E-state index < -0.39 is 10.0 Å². The maximum atomic E-state index is 12.6. The summed E-state index contributed by atoms with van der Waals surface area (Å²) < 4.78 is 36.1. The minimum absolute atomic E-state index is 0.109. The van der Waals surface area contributed by atoms with E-state index in [1.54, 1.807) is 23.1 Å². The third kappa shape index (κ3) is 3.98. The van der Waals surface area contributed by atoms with Crippen molar-refractivity contribution in [3.63, 3.8) is 0 Å². The van der Waals surface area contributed by atoms with Crippen LogP contribution in [0.25, 0.3) is 0 Å². The highest BCUT2D eigenvalue weighted by atomic mass is 32.2. The number of amides is 1. The zero-order valence-electron chi connectivity index (χ0n) is 14.5. The van der Waals surface area contributed by atoms with Gasteiger partial charge in [0, 0.05) is 32.2 Å². The number of sulfonamides is 1. The van der Waals surface area contributed by atoms with Crippen molar-refractivity contribution in [3.05, 3.63) is 18.2 Å². The maximum absolute atomic E-state index is 12.6. The molecule has 8 nitrogen and oxygen atoms in total. The summed E-state index contributed by atoms with van der Waals surface area (Å²) in [4.78, 5) is 16.6. The third-order valence-corrected chi connectivity index (χ3v) is 5.64. The van der Waals surface area contributed by atoms with Crippen LogP contribution in [0.4, 0.5) is 5.69 Å². The van der Waals surface area contributed by atoms with Crippen LogP contribution in [0.3, 0.4) is 0 Å². The Kier molecular flexibility index (Phi) is 5.05. The molecule has 0 bridgehead atoms. The van der Waals surface area contributed by atoms with Gasteiger partial charge >= 0.3 is 0 Å². The highest BCUT2D eigenvalue weighted by molar-refractivity contribution is 7.92. The second kappa shape index (κ2) is 7.09. The van der Waals surface area contributed by atoms with E-state index in [2.05, 4.69) is 11.8 Å². The molecule has 1 amide bonds. The lowest BCUT2D eigenvalue weighted by Crippen LogP contribution is -2.51. The monoisotopic (exact) mass is 369 g/mol. The van der Waals surface area contributed by atoms with Crippen molar-refractivity contribution in [1.82, 2.24) is 9.80 Å². The average molecular weight is 369 g/mol. The normalized spacial score (nSPS) is 17.6. The van der Waals surface area contributed by atoms with E-state index in [1.165, 1.54) is 0 Å². The zero-order valence-corrected chi connectivity index (χ0v) is 15.3. The summed E-state index contributed by atoms with van der Waals surface area (Å²) in [5.74, 6) is 0.855. The first kappa shape index (κ1) is 17.8. The molecule has 2 aliphatic heterocycles. The first-order valence-corrected chi connectivity index (χ1v) is 10.1. The molecule has 0 unspecified atom stereocenters. The molecule has 1 fully saturated rings. The Hall–Kier alpha value is -2.00. The van der Waals surface area contributed by atoms with Gasteiger partial charge in [0.05, 0.1) is 11.9 Å². The van der Waals surface area contributed by atoms with E-state index in [0.717, 1.165) is 30.2 Å². The van der Waals surface area contributed by atoms with Crippen LogP contribution in [0, 0.1) is 0 Å². The lowest BCUT2D eigenvalue weighted by atomic mass is 10.2. The molecular formula is C16H23N3O5S. The van der Waals surface area contributed by atoms with E-state index >= 15 is 0 Å². The molecule has 138 valence electrons. The Morgan fingerprint density at radius 3 is 2.48 bits per heavy atom. The van der Waals surface area contributed by atoms with Crippen molar-refractivity contribution >= 4 is 21.6 Å². The molecule has 0 N–H and O–H groups in total. The van der Waals surface area contributed by atoms with E-state index in [0.29, 0.717) is 30.3 Å². The number of hydrogen-bond acceptors (Lipinski definition) is 6. The smallest absolute Gasteiger partial charge is 0.243 e. The number of anilines is 1. The van der Waals surface area contributed by atoms with Crippen LogP contribution in [0.1, 0.15) is 6.92 Å². The minimum Gasteiger partial charge on any atom is -0.454 e. The van der Waals surface area contributed by atoms with Gasteiger partial charge in [-0.25, -0.2) is 8.42 Å². The topological polar surface area (TPSA) is 79.4 Å². The van der Waals surface area contributed by atoms with Crippen LogP contribution in [-0.4, -0.2) is 76.4 Å². The largest absolute Gasteiger partial charge is 0.454 e. The maximum Gasteiger partial charge on any atom is 0.243 e. The Labute approximate surface area is 147 Å². The van der Waals surface area contributed by atoms with E-state index in [-0.39, 0.29) is 19.2 Å². The third-order valence-electron chi connectivity index (χ3n) is 4.50. The van der Waals surface area contributed by atoms with Gasteiger partial charge in [0.25, 0.3) is 0 Å². The molecule has 0 saturated carbocycles. The van der Waals surface area contributed by atoms with Crippen LogP contribution in [0.15, 0.2) is 18.2 Å². The van der Waals surface area contributed by atoms with Crippen molar-refractivity contribution in [2.45, 2.75) is 6.92 Å². The van der Waals surface area contributed by atoms with Gasteiger partial charge in [0.15, 0.2) is 11.5 Å². The number of ether oxygens (including phenoxy) is 2. The lowest BCUT2D eigenvalue weighted by molar-refractivity contribution is -0.131. The number of carbonyl (C=O) groups excluding carboxylic acids is 1. The number of likely N-dealkylation sites (N-methyl/N-ethyl adjacent to an activating group) is 1. The van der Waals surface area contributed by atoms with Gasteiger partial charge in [0.1, 0.15) is 6.54 Å². The number of fused-ring (bicyclic) bond motifs is 1. The van der Waals surface area contributed by atoms with Crippen LogP contribution in [0.2, 0.25) is 0 Å². The van der Waals surface area contributed by atoms with Crippen molar-refractivity contribution < 1.29 is 22.7 Å². The van der Waals surface area contributed by atoms with E-state index in [1.807, 2.05) is 0 Å². The number of nitrogens with zero attached hydrogens (tertiary/aromatic N) is 3. The summed E-state index contributed by atoms with van der Waals surface area (Å²) in [6.07, 6.45) is 1.10. The Balaban J connectivity index is 1.75. The fourth-order valence-electron chi connectivity index (χ4n) is 2.98. The molecule has 2 aliphatic rings. The molecule has 0 spiro atoms. The van der Waals surface area contributed by atoms with Crippen LogP contribution < -0.4 is 13.8 Å². The van der Waals surface area contributed by atoms with Crippen LogP contribution in [0.5, 0.6) is 11.5 Å². The van der Waals surface area contributed by atoms with Gasteiger partial charge in [0.2, 0.25) is 22.7 Å². The number of piperazine rings is 1. The van der Waals surface area contributed by atoms with Crippen molar-refractivity contribution in [3.8, 4) is 11.5 Å². The molecule has 0 aliphatic carbocycles. The second-order valence-corrected chi connectivity index (χ2v) is 8.03. The standard InChI is InChI=1S/C16H23N3O5S/c1-3-17-6-8-18(9-7-17)16(20)11-19(25(2,21)22)13-4-5-14-15(10-13)24-12-23-14/h4-5,10H,3,6-9,11-12H2,1-2H3. The first-order chi connectivity index (χ1) is 11.9. The highest BCUT2D eigenvalue weighted by Gasteiger charge is 2.27. The average Bonchev–Trinajstić information content (AvgIpc) is 3.06. The fraction of sp³-hybridized carbons (Fsp3) is 0.562. The molecule has 2 heterocycles. The van der Waals surface area contributed by atoms with E-state index in [4.69, 9.17) is 9.47 Å². The summed E-state index contributed by atoms with van der Waals surface area (Å²) in [5, 5.41) is 0. The molecule has 0 atom stereocenters. The molecule has 1 aromatic carbocycles. The first-order valence-electron chi connectivity index (χ1n) is 8.26. The second-order valence-electron chi connectivity index (χ2n) is 6.12. The Bertz CT molecular complexity index is 744. The molecule has 1 saturated heterocycles. The fourth-order valence-corrected chi connectivity index (χ4v) is 3.82. The van der Waals surface area contributed by atoms with Gasteiger partial charge in [-0.3, -0.25) is 9.10 Å². The summed E-state index contributed by atoms with van der Waals surface area (Å²) >= 11 is 0. The van der Waals surface area contributed by atoms with Gasteiger partial charge in [-0.15, -0.1) is 0 Å². The van der Waals surface area contributed by atoms with Gasteiger partial charge in [-0.2, -0.15) is 0 Å². The molecule has 25 heavy (non-hydrogen) atoms. The predicted molar refractivity (Wildman–Crippen MR) is 93.4 cm³/mol. The summed E-state index contributed by atoms with van der Waals surface area (Å²) in [6, 6.07) is 4.86. The number of benzene rings is 1. The molecular weight excluding hydrogens is 346 g/mol. The van der Waals surface area contributed by atoms with Crippen LogP contribution in [-0.2, 0) is 14.8 Å². The number of rotatable bonds is 5. The van der Waals surface area contributed by atoms with Gasteiger partial charge in [-0.05, 0) is 18.7 Å².